The highest BCUT2D eigenvalue weighted by Crippen LogP contribution is 2.29. The van der Waals surface area contributed by atoms with Crippen LogP contribution in [0.2, 0.25) is 0 Å². The van der Waals surface area contributed by atoms with E-state index in [0.717, 1.165) is 0 Å². The number of benzene rings is 2. The number of hydrogen-bond donors (Lipinski definition) is 1. The average molecular weight is 420 g/mol. The summed E-state index contributed by atoms with van der Waals surface area (Å²) < 4.78 is 32.6. The number of rotatable bonds is 7. The summed E-state index contributed by atoms with van der Waals surface area (Å²) in [6.45, 7) is 4.42. The van der Waals surface area contributed by atoms with Gasteiger partial charge in [-0.05, 0) is 36.4 Å². The standard InChI is InChI=1S/C19H21N3O4S2/c1-4-22(5-2)28(24,25)15-9-10-16-17(12-15)27-19(20-16)21-18(23)13-7-6-8-14(11-13)26-3/h6-12H,4-5H2,1-3H3,(H,20,21,23). The monoisotopic (exact) mass is 419 g/mol. The van der Waals surface area contributed by atoms with Crippen molar-refractivity contribution in [3.63, 3.8) is 0 Å². The van der Waals surface area contributed by atoms with Gasteiger partial charge in [0.2, 0.25) is 10.0 Å². The highest BCUT2D eigenvalue weighted by atomic mass is 32.2. The van der Waals surface area contributed by atoms with Crippen LogP contribution in [0.25, 0.3) is 10.2 Å². The lowest BCUT2D eigenvalue weighted by Gasteiger charge is -2.18. The number of amides is 1. The van der Waals surface area contributed by atoms with Crippen LogP contribution in [-0.2, 0) is 10.0 Å². The third-order valence-corrected chi connectivity index (χ3v) is 7.23. The van der Waals surface area contributed by atoms with Gasteiger partial charge in [0, 0.05) is 18.7 Å². The van der Waals surface area contributed by atoms with Crippen LogP contribution in [0.5, 0.6) is 5.75 Å². The molecular weight excluding hydrogens is 398 g/mol. The van der Waals surface area contributed by atoms with Crippen molar-refractivity contribution in [3.05, 3.63) is 48.0 Å². The molecule has 0 atom stereocenters. The number of sulfonamides is 1. The second-order valence-corrected chi connectivity index (χ2v) is 8.89. The quantitative estimate of drug-likeness (QED) is 0.632. The average Bonchev–Trinajstić information content (AvgIpc) is 3.10. The lowest BCUT2D eigenvalue weighted by Crippen LogP contribution is -2.30. The first-order valence-electron chi connectivity index (χ1n) is 8.75. The summed E-state index contributed by atoms with van der Waals surface area (Å²) in [5.41, 5.74) is 1.08. The highest BCUT2D eigenvalue weighted by molar-refractivity contribution is 7.89. The van der Waals surface area contributed by atoms with Gasteiger partial charge in [0.25, 0.3) is 5.91 Å². The van der Waals surface area contributed by atoms with E-state index in [1.54, 1.807) is 56.3 Å². The van der Waals surface area contributed by atoms with Crippen LogP contribution in [0.15, 0.2) is 47.4 Å². The van der Waals surface area contributed by atoms with E-state index in [4.69, 9.17) is 4.74 Å². The topological polar surface area (TPSA) is 88.6 Å². The number of methoxy groups -OCH3 is 1. The zero-order valence-electron chi connectivity index (χ0n) is 15.8. The Morgan fingerprint density at radius 2 is 1.93 bits per heavy atom. The van der Waals surface area contributed by atoms with Gasteiger partial charge in [0.1, 0.15) is 5.75 Å². The summed E-state index contributed by atoms with van der Waals surface area (Å²) in [6, 6.07) is 11.6. The fourth-order valence-electron chi connectivity index (χ4n) is 2.77. The van der Waals surface area contributed by atoms with E-state index in [-0.39, 0.29) is 10.8 Å². The number of nitrogens with one attached hydrogen (secondary N) is 1. The van der Waals surface area contributed by atoms with Gasteiger partial charge in [-0.3, -0.25) is 10.1 Å². The Morgan fingerprint density at radius 1 is 1.18 bits per heavy atom. The molecule has 0 radical (unpaired) electrons. The Balaban J connectivity index is 1.87. The minimum absolute atomic E-state index is 0.220. The van der Waals surface area contributed by atoms with Gasteiger partial charge in [-0.15, -0.1) is 0 Å². The number of carbonyl (C=O) groups is 1. The first kappa shape index (κ1) is 20.2. The van der Waals surface area contributed by atoms with Crippen molar-refractivity contribution in [3.8, 4) is 5.75 Å². The molecule has 0 aliphatic rings. The van der Waals surface area contributed by atoms with Crippen molar-refractivity contribution in [2.24, 2.45) is 0 Å². The van der Waals surface area contributed by atoms with E-state index in [0.29, 0.717) is 39.8 Å². The molecule has 7 nitrogen and oxygen atoms in total. The fourth-order valence-corrected chi connectivity index (χ4v) is 5.22. The van der Waals surface area contributed by atoms with Gasteiger partial charge in [-0.2, -0.15) is 4.31 Å². The van der Waals surface area contributed by atoms with Gasteiger partial charge in [-0.1, -0.05) is 31.3 Å². The molecule has 1 N–H and O–H groups in total. The molecule has 148 valence electrons. The van der Waals surface area contributed by atoms with E-state index in [2.05, 4.69) is 10.3 Å². The van der Waals surface area contributed by atoms with Gasteiger partial charge in [-0.25, -0.2) is 13.4 Å². The van der Waals surface area contributed by atoms with Crippen LogP contribution in [0.1, 0.15) is 24.2 Å². The third kappa shape index (κ3) is 4.01. The zero-order valence-corrected chi connectivity index (χ0v) is 17.4. The lowest BCUT2D eigenvalue weighted by atomic mass is 10.2. The zero-order chi connectivity index (χ0) is 20.3. The minimum atomic E-state index is -3.55. The van der Waals surface area contributed by atoms with Gasteiger partial charge < -0.3 is 4.74 Å². The van der Waals surface area contributed by atoms with E-state index >= 15 is 0 Å². The van der Waals surface area contributed by atoms with Crippen LogP contribution in [0, 0.1) is 0 Å². The molecule has 1 aromatic heterocycles. The Kier molecular flexibility index (Phi) is 5.97. The molecule has 3 aromatic rings. The molecule has 3 rings (SSSR count). The minimum Gasteiger partial charge on any atom is -0.497 e. The number of carbonyl (C=O) groups excluding carboxylic acids is 1. The maximum atomic E-state index is 12.7. The summed E-state index contributed by atoms with van der Waals surface area (Å²) >= 11 is 1.23. The first-order chi connectivity index (χ1) is 13.4. The molecular formula is C19H21N3O4S2. The molecule has 0 unspecified atom stereocenters. The summed E-state index contributed by atoms with van der Waals surface area (Å²) in [5, 5.41) is 3.16. The number of ether oxygens (including phenoxy) is 1. The molecule has 0 aliphatic carbocycles. The van der Waals surface area contributed by atoms with Crippen LogP contribution >= 0.6 is 11.3 Å². The predicted molar refractivity (Wildman–Crippen MR) is 111 cm³/mol. The summed E-state index contributed by atoms with van der Waals surface area (Å²) in [7, 11) is -2.01. The van der Waals surface area contributed by atoms with Crippen molar-refractivity contribution in [1.29, 1.82) is 0 Å². The van der Waals surface area contributed by atoms with Crippen molar-refractivity contribution < 1.29 is 17.9 Å². The van der Waals surface area contributed by atoms with Crippen molar-refractivity contribution in [2.75, 3.05) is 25.5 Å². The Bertz CT molecular complexity index is 1110. The second kappa shape index (κ2) is 8.26. The molecule has 1 amide bonds. The molecule has 9 heteroatoms. The molecule has 1 heterocycles. The smallest absolute Gasteiger partial charge is 0.257 e. The third-order valence-electron chi connectivity index (χ3n) is 4.26. The molecule has 0 fully saturated rings. The summed E-state index contributed by atoms with van der Waals surface area (Å²) in [6.07, 6.45) is 0. The summed E-state index contributed by atoms with van der Waals surface area (Å²) in [5.74, 6) is 0.275. The number of thiazole rings is 1. The number of fused-ring (bicyclic) bond motifs is 1. The van der Waals surface area contributed by atoms with Crippen molar-refractivity contribution in [2.45, 2.75) is 18.7 Å². The number of nitrogens with zero attached hydrogens (tertiary/aromatic N) is 2. The number of anilines is 1. The van der Waals surface area contributed by atoms with Crippen LogP contribution in [0.4, 0.5) is 5.13 Å². The maximum absolute atomic E-state index is 12.7. The Hall–Kier alpha value is -2.49. The molecule has 0 saturated heterocycles. The molecule has 0 saturated carbocycles. The molecule has 0 aliphatic heterocycles. The predicted octanol–water partition coefficient (Wildman–Crippen LogP) is 3.59. The largest absolute Gasteiger partial charge is 0.497 e. The highest BCUT2D eigenvalue weighted by Gasteiger charge is 2.22. The van der Waals surface area contributed by atoms with Crippen LogP contribution in [0.3, 0.4) is 0 Å². The van der Waals surface area contributed by atoms with E-state index in [1.165, 1.54) is 22.8 Å². The molecule has 0 spiro atoms. The number of aromatic nitrogens is 1. The maximum Gasteiger partial charge on any atom is 0.257 e. The molecule has 0 bridgehead atoms. The first-order valence-corrected chi connectivity index (χ1v) is 11.0. The van der Waals surface area contributed by atoms with Gasteiger partial charge in [0.15, 0.2) is 5.13 Å². The second-order valence-electron chi connectivity index (χ2n) is 5.92. The summed E-state index contributed by atoms with van der Waals surface area (Å²) in [4.78, 5) is 17.0. The normalized spacial score (nSPS) is 11.7. The van der Waals surface area contributed by atoms with E-state index < -0.39 is 10.0 Å². The van der Waals surface area contributed by atoms with Crippen LogP contribution in [-0.4, -0.2) is 43.8 Å². The Labute approximate surface area is 168 Å². The SMILES string of the molecule is CCN(CC)S(=O)(=O)c1ccc2nc(NC(=O)c3cccc(OC)c3)sc2c1. The van der Waals surface area contributed by atoms with Gasteiger partial charge >= 0.3 is 0 Å². The van der Waals surface area contributed by atoms with Crippen molar-refractivity contribution >= 4 is 42.6 Å². The lowest BCUT2D eigenvalue weighted by molar-refractivity contribution is 0.102. The Morgan fingerprint density at radius 3 is 2.61 bits per heavy atom. The molecule has 28 heavy (non-hydrogen) atoms. The van der Waals surface area contributed by atoms with Crippen molar-refractivity contribution in [1.82, 2.24) is 9.29 Å². The van der Waals surface area contributed by atoms with E-state index in [9.17, 15) is 13.2 Å². The van der Waals surface area contributed by atoms with E-state index in [1.807, 2.05) is 0 Å². The molecule has 2 aromatic carbocycles. The van der Waals surface area contributed by atoms with Crippen LogP contribution < -0.4 is 10.1 Å². The fraction of sp³-hybridized carbons (Fsp3) is 0.263. The number of hydrogen-bond acceptors (Lipinski definition) is 6. The van der Waals surface area contributed by atoms with Gasteiger partial charge in [0.05, 0.1) is 22.2 Å².